The lowest BCUT2D eigenvalue weighted by Gasteiger charge is -2.18. The van der Waals surface area contributed by atoms with Gasteiger partial charge < -0.3 is 20.6 Å². The summed E-state index contributed by atoms with van der Waals surface area (Å²) in [6.45, 7) is 1.81. The van der Waals surface area contributed by atoms with Crippen molar-refractivity contribution in [1.29, 1.82) is 0 Å². The second-order valence-electron chi connectivity index (χ2n) is 4.40. The van der Waals surface area contributed by atoms with Crippen molar-refractivity contribution in [3.8, 4) is 17.2 Å². The summed E-state index contributed by atoms with van der Waals surface area (Å²) in [5.41, 5.74) is 1.12. The monoisotopic (exact) mass is 313 g/mol. The van der Waals surface area contributed by atoms with Crippen LogP contribution in [0, 0.1) is 0 Å². The van der Waals surface area contributed by atoms with E-state index in [0.29, 0.717) is 11.3 Å². The summed E-state index contributed by atoms with van der Waals surface area (Å²) in [4.78, 5) is 0. The van der Waals surface area contributed by atoms with Gasteiger partial charge in [-0.05, 0) is 37.3 Å². The minimum absolute atomic E-state index is 0.0632. The molecule has 106 valence electrons. The number of aromatic hydroxyl groups is 3. The van der Waals surface area contributed by atoms with Crippen LogP contribution in [-0.4, -0.2) is 15.3 Å². The van der Waals surface area contributed by atoms with E-state index in [-0.39, 0.29) is 33.3 Å². The molecule has 1 unspecified atom stereocenters. The summed E-state index contributed by atoms with van der Waals surface area (Å²) in [6, 6.07) is 7.05. The van der Waals surface area contributed by atoms with Crippen molar-refractivity contribution in [2.24, 2.45) is 0 Å². The third-order valence-electron chi connectivity index (χ3n) is 2.88. The zero-order valence-electron chi connectivity index (χ0n) is 10.6. The molecule has 1 atom stereocenters. The van der Waals surface area contributed by atoms with Crippen molar-refractivity contribution in [2.45, 2.75) is 13.0 Å². The molecule has 6 heteroatoms. The third-order valence-corrected chi connectivity index (χ3v) is 3.45. The standard InChI is InChI=1S/C14H13Cl2NO3/c1-7(10-6-9(18)2-3-13(10)19)17-8-4-11(15)14(20)12(16)5-8/h2-7,17-20H,1H3. The number of phenols is 3. The average molecular weight is 314 g/mol. The molecule has 4 N–H and O–H groups in total. The maximum Gasteiger partial charge on any atom is 0.152 e. The van der Waals surface area contributed by atoms with Crippen LogP contribution in [0.15, 0.2) is 30.3 Å². The van der Waals surface area contributed by atoms with Gasteiger partial charge >= 0.3 is 0 Å². The number of nitrogens with one attached hydrogen (secondary N) is 1. The number of anilines is 1. The van der Waals surface area contributed by atoms with E-state index in [1.807, 2.05) is 6.92 Å². The average Bonchev–Trinajstić information content (AvgIpc) is 2.38. The summed E-state index contributed by atoms with van der Waals surface area (Å²) < 4.78 is 0. The zero-order chi connectivity index (χ0) is 14.9. The maximum absolute atomic E-state index is 9.79. The molecule has 0 spiro atoms. The first-order valence-corrected chi connectivity index (χ1v) is 6.60. The topological polar surface area (TPSA) is 72.7 Å². The van der Waals surface area contributed by atoms with E-state index in [0.717, 1.165) is 0 Å². The third kappa shape index (κ3) is 3.03. The fourth-order valence-corrected chi connectivity index (χ4v) is 2.35. The van der Waals surface area contributed by atoms with Gasteiger partial charge in [-0.1, -0.05) is 23.2 Å². The van der Waals surface area contributed by atoms with Crippen LogP contribution < -0.4 is 5.32 Å². The van der Waals surface area contributed by atoms with E-state index >= 15 is 0 Å². The Morgan fingerprint density at radius 1 is 1.00 bits per heavy atom. The van der Waals surface area contributed by atoms with Gasteiger partial charge in [0.1, 0.15) is 11.5 Å². The Morgan fingerprint density at radius 3 is 2.20 bits per heavy atom. The van der Waals surface area contributed by atoms with Gasteiger partial charge in [-0.25, -0.2) is 0 Å². The van der Waals surface area contributed by atoms with Crippen LogP contribution >= 0.6 is 23.2 Å². The minimum Gasteiger partial charge on any atom is -0.508 e. The van der Waals surface area contributed by atoms with Gasteiger partial charge in [0.05, 0.1) is 16.1 Å². The summed E-state index contributed by atoms with van der Waals surface area (Å²) in [6.07, 6.45) is 0. The Bertz CT molecular complexity index is 623. The lowest BCUT2D eigenvalue weighted by atomic mass is 10.1. The van der Waals surface area contributed by atoms with Crippen LogP contribution in [0.25, 0.3) is 0 Å². The Labute approximate surface area is 126 Å². The highest BCUT2D eigenvalue weighted by Crippen LogP contribution is 2.36. The number of benzene rings is 2. The smallest absolute Gasteiger partial charge is 0.152 e. The molecule has 20 heavy (non-hydrogen) atoms. The summed E-state index contributed by atoms with van der Waals surface area (Å²) in [5.74, 6) is -0.0428. The van der Waals surface area contributed by atoms with Crippen molar-refractivity contribution in [1.82, 2.24) is 0 Å². The molecule has 0 aliphatic rings. The van der Waals surface area contributed by atoms with Crippen LogP contribution in [0.2, 0.25) is 10.0 Å². The largest absolute Gasteiger partial charge is 0.508 e. The number of halogens is 2. The highest BCUT2D eigenvalue weighted by atomic mass is 35.5. The molecule has 4 nitrogen and oxygen atoms in total. The summed E-state index contributed by atoms with van der Waals surface area (Å²) >= 11 is 11.7. The van der Waals surface area contributed by atoms with Crippen molar-refractivity contribution in [3.63, 3.8) is 0 Å². The molecule has 0 heterocycles. The lowest BCUT2D eigenvalue weighted by Crippen LogP contribution is -2.06. The van der Waals surface area contributed by atoms with Crippen LogP contribution in [0.1, 0.15) is 18.5 Å². The normalized spacial score (nSPS) is 12.2. The van der Waals surface area contributed by atoms with Crippen LogP contribution in [0.5, 0.6) is 17.2 Å². The zero-order valence-corrected chi connectivity index (χ0v) is 12.1. The van der Waals surface area contributed by atoms with Gasteiger partial charge in [0.15, 0.2) is 5.75 Å². The lowest BCUT2D eigenvalue weighted by molar-refractivity contribution is 0.451. The Hall–Kier alpha value is -1.78. The fourth-order valence-electron chi connectivity index (χ4n) is 1.87. The van der Waals surface area contributed by atoms with Crippen molar-refractivity contribution >= 4 is 28.9 Å². The molecular weight excluding hydrogens is 301 g/mol. The van der Waals surface area contributed by atoms with Crippen LogP contribution in [0.3, 0.4) is 0 Å². The van der Waals surface area contributed by atoms with Crippen molar-refractivity contribution < 1.29 is 15.3 Å². The van der Waals surface area contributed by atoms with Gasteiger partial charge in [0.25, 0.3) is 0 Å². The quantitative estimate of drug-likeness (QED) is 0.638. The van der Waals surface area contributed by atoms with Crippen molar-refractivity contribution in [3.05, 3.63) is 45.9 Å². The molecule has 0 saturated heterocycles. The van der Waals surface area contributed by atoms with Crippen LogP contribution in [0.4, 0.5) is 5.69 Å². The number of hydrogen-bond donors (Lipinski definition) is 4. The Morgan fingerprint density at radius 2 is 1.60 bits per heavy atom. The first-order chi connectivity index (χ1) is 9.38. The highest BCUT2D eigenvalue weighted by Gasteiger charge is 2.13. The van der Waals surface area contributed by atoms with Gasteiger partial charge in [-0.3, -0.25) is 0 Å². The van der Waals surface area contributed by atoms with E-state index in [4.69, 9.17) is 23.2 Å². The summed E-state index contributed by atoms with van der Waals surface area (Å²) in [5, 5.41) is 32.1. The molecule has 2 aromatic rings. The van der Waals surface area contributed by atoms with E-state index in [1.54, 1.807) is 0 Å². The summed E-state index contributed by atoms with van der Waals surface area (Å²) in [7, 11) is 0. The minimum atomic E-state index is -0.293. The van der Waals surface area contributed by atoms with E-state index < -0.39 is 0 Å². The maximum atomic E-state index is 9.79. The highest BCUT2D eigenvalue weighted by molar-refractivity contribution is 6.37. The van der Waals surface area contributed by atoms with Crippen LogP contribution in [-0.2, 0) is 0 Å². The predicted molar refractivity (Wildman–Crippen MR) is 79.9 cm³/mol. The molecule has 2 rings (SSSR count). The fraction of sp³-hybridized carbons (Fsp3) is 0.143. The molecule has 0 radical (unpaired) electrons. The van der Waals surface area contributed by atoms with Gasteiger partial charge in [-0.2, -0.15) is 0 Å². The number of rotatable bonds is 3. The molecule has 0 fully saturated rings. The molecule has 0 aromatic heterocycles. The predicted octanol–water partition coefficient (Wildman–Crippen LogP) is 4.28. The number of hydrogen-bond acceptors (Lipinski definition) is 4. The SMILES string of the molecule is CC(Nc1cc(Cl)c(O)c(Cl)c1)c1cc(O)ccc1O. The van der Waals surface area contributed by atoms with Gasteiger partial charge in [0, 0.05) is 11.3 Å². The Kier molecular flexibility index (Phi) is 4.16. The van der Waals surface area contributed by atoms with Gasteiger partial charge in [0.2, 0.25) is 0 Å². The molecule has 0 aliphatic carbocycles. The van der Waals surface area contributed by atoms with E-state index in [9.17, 15) is 15.3 Å². The number of phenolic OH excluding ortho intramolecular Hbond substituents is 3. The van der Waals surface area contributed by atoms with E-state index in [1.165, 1.54) is 30.3 Å². The first-order valence-electron chi connectivity index (χ1n) is 5.85. The second kappa shape index (κ2) is 5.69. The molecule has 0 aliphatic heterocycles. The first kappa shape index (κ1) is 14.6. The molecule has 0 amide bonds. The van der Waals surface area contributed by atoms with Gasteiger partial charge in [-0.15, -0.1) is 0 Å². The molecule has 2 aromatic carbocycles. The molecular formula is C14H13Cl2NO3. The molecule has 0 bridgehead atoms. The van der Waals surface area contributed by atoms with E-state index in [2.05, 4.69) is 5.32 Å². The second-order valence-corrected chi connectivity index (χ2v) is 5.21. The Balaban J connectivity index is 2.27. The van der Waals surface area contributed by atoms with Crippen molar-refractivity contribution in [2.75, 3.05) is 5.32 Å². The molecule has 0 saturated carbocycles.